The number of ether oxygens (including phenoxy) is 1. The van der Waals surface area contributed by atoms with Crippen molar-refractivity contribution in [2.75, 3.05) is 19.6 Å². The molecule has 1 heterocycles. The third-order valence-corrected chi connectivity index (χ3v) is 4.71. The first-order valence-electron chi connectivity index (χ1n) is 10.9. The zero-order chi connectivity index (χ0) is 20.1. The molecule has 0 spiro atoms. The maximum absolute atomic E-state index is 5.91. The lowest BCUT2D eigenvalue weighted by atomic mass is 10.0. The van der Waals surface area contributed by atoms with Gasteiger partial charge in [0.1, 0.15) is 11.4 Å². The lowest BCUT2D eigenvalue weighted by molar-refractivity contribution is 0.0394. The van der Waals surface area contributed by atoms with Crippen molar-refractivity contribution in [1.82, 2.24) is 4.90 Å². The molecule has 1 rings (SSSR count). The predicted octanol–water partition coefficient (Wildman–Crippen LogP) is 7.20. The van der Waals surface area contributed by atoms with Crippen molar-refractivity contribution in [2.45, 2.75) is 91.6 Å². The molecule has 1 aliphatic heterocycles. The van der Waals surface area contributed by atoms with Crippen LogP contribution >= 0.6 is 0 Å². The molecule has 0 unspecified atom stereocenters. The van der Waals surface area contributed by atoms with Crippen LogP contribution in [-0.4, -0.2) is 30.1 Å². The average Bonchev–Trinajstić information content (AvgIpc) is 2.67. The summed E-state index contributed by atoms with van der Waals surface area (Å²) in [7, 11) is 0. The normalized spacial score (nSPS) is 19.9. The summed E-state index contributed by atoms with van der Waals surface area (Å²) in [6.07, 6.45) is 19.0. The van der Waals surface area contributed by atoms with Crippen LogP contribution in [0.3, 0.4) is 0 Å². The predicted molar refractivity (Wildman–Crippen MR) is 120 cm³/mol. The second kappa shape index (κ2) is 13.0. The Balaban J connectivity index is 2.42. The third kappa shape index (κ3) is 12.7. The molecule has 154 valence electrons. The molecule has 0 saturated heterocycles. The number of unbranched alkanes of at least 4 members (excludes halogenated alkanes) is 1. The summed E-state index contributed by atoms with van der Waals surface area (Å²) in [5.74, 6) is 0.893. The first-order valence-corrected chi connectivity index (χ1v) is 10.9. The lowest BCUT2D eigenvalue weighted by Gasteiger charge is -2.27. The Morgan fingerprint density at radius 1 is 1.22 bits per heavy atom. The lowest BCUT2D eigenvalue weighted by Crippen LogP contribution is -2.31. The van der Waals surface area contributed by atoms with Gasteiger partial charge in [-0.3, -0.25) is 4.90 Å². The van der Waals surface area contributed by atoms with E-state index in [9.17, 15) is 0 Å². The molecule has 0 radical (unpaired) electrons. The molecule has 0 atom stereocenters. The summed E-state index contributed by atoms with van der Waals surface area (Å²) in [6, 6.07) is 0. The molecule has 0 N–H and O–H groups in total. The van der Waals surface area contributed by atoms with Crippen LogP contribution in [0.2, 0.25) is 0 Å². The number of hydrogen-bond acceptors (Lipinski definition) is 2. The van der Waals surface area contributed by atoms with E-state index in [2.05, 4.69) is 70.4 Å². The van der Waals surface area contributed by atoms with Gasteiger partial charge in [-0.05, 0) is 85.7 Å². The largest absolute Gasteiger partial charge is 0.492 e. The molecule has 27 heavy (non-hydrogen) atoms. The Morgan fingerprint density at radius 3 is 2.67 bits per heavy atom. The summed E-state index contributed by atoms with van der Waals surface area (Å²) in [6.45, 7) is 18.0. The van der Waals surface area contributed by atoms with E-state index >= 15 is 0 Å². The van der Waals surface area contributed by atoms with Crippen LogP contribution in [0.25, 0.3) is 0 Å². The first kappa shape index (κ1) is 23.8. The summed E-state index contributed by atoms with van der Waals surface area (Å²) in [5, 5.41) is 0. The van der Waals surface area contributed by atoms with Crippen LogP contribution in [-0.2, 0) is 4.74 Å². The molecular formula is C25H43NO. The monoisotopic (exact) mass is 373 g/mol. The highest BCUT2D eigenvalue weighted by Gasteiger charge is 2.15. The van der Waals surface area contributed by atoms with Gasteiger partial charge in [0.25, 0.3) is 0 Å². The quantitative estimate of drug-likeness (QED) is 0.313. The van der Waals surface area contributed by atoms with Crippen molar-refractivity contribution >= 4 is 0 Å². The number of hydrogen-bond donors (Lipinski definition) is 0. The Kier molecular flexibility index (Phi) is 11.4. The van der Waals surface area contributed by atoms with Gasteiger partial charge in [0.05, 0.1) is 6.54 Å². The fourth-order valence-electron chi connectivity index (χ4n) is 3.37. The molecule has 2 heteroatoms. The molecule has 0 aromatic rings. The van der Waals surface area contributed by atoms with Gasteiger partial charge >= 0.3 is 0 Å². The minimum absolute atomic E-state index is 0.151. The van der Waals surface area contributed by atoms with Crippen molar-refractivity contribution in [1.29, 1.82) is 0 Å². The van der Waals surface area contributed by atoms with Crippen LogP contribution in [0.15, 0.2) is 47.8 Å². The molecule has 0 bridgehead atoms. The van der Waals surface area contributed by atoms with E-state index in [0.717, 1.165) is 38.2 Å². The van der Waals surface area contributed by atoms with Crippen LogP contribution in [0.4, 0.5) is 0 Å². The second-order valence-corrected chi connectivity index (χ2v) is 8.86. The summed E-state index contributed by atoms with van der Waals surface area (Å²) < 4.78 is 5.91. The van der Waals surface area contributed by atoms with Crippen molar-refractivity contribution in [3.05, 3.63) is 47.8 Å². The second-order valence-electron chi connectivity index (χ2n) is 8.86. The third-order valence-electron chi connectivity index (χ3n) is 4.71. The molecular weight excluding hydrogens is 330 g/mol. The highest BCUT2D eigenvalue weighted by atomic mass is 16.5. The molecule has 0 fully saturated rings. The van der Waals surface area contributed by atoms with Gasteiger partial charge in [-0.25, -0.2) is 0 Å². The van der Waals surface area contributed by atoms with E-state index in [1.165, 1.54) is 44.1 Å². The first-order chi connectivity index (χ1) is 12.8. The van der Waals surface area contributed by atoms with Crippen LogP contribution in [0, 0.1) is 0 Å². The van der Waals surface area contributed by atoms with E-state index < -0.39 is 0 Å². The van der Waals surface area contributed by atoms with E-state index in [4.69, 9.17) is 4.74 Å². The van der Waals surface area contributed by atoms with Crippen molar-refractivity contribution in [3.63, 3.8) is 0 Å². The Hall–Kier alpha value is -1.28. The molecule has 0 amide bonds. The number of rotatable bonds is 9. The zero-order valence-corrected chi connectivity index (χ0v) is 18.7. The van der Waals surface area contributed by atoms with E-state index in [0.29, 0.717) is 0 Å². The van der Waals surface area contributed by atoms with Gasteiger partial charge < -0.3 is 4.74 Å². The molecule has 0 aromatic heterocycles. The zero-order valence-electron chi connectivity index (χ0n) is 18.7. The topological polar surface area (TPSA) is 12.5 Å². The SMILES string of the molecule is C=C(CN1CCC/C=C(/C/C=C(\C)CC=CCCC)CCC1)OC(C)(C)C. The summed E-state index contributed by atoms with van der Waals surface area (Å²) in [4.78, 5) is 2.50. The van der Waals surface area contributed by atoms with E-state index in [1.807, 2.05) is 0 Å². The van der Waals surface area contributed by atoms with Crippen LogP contribution in [0.1, 0.15) is 86.0 Å². The minimum atomic E-state index is -0.151. The Labute approximate surface area is 169 Å². The number of allylic oxidation sites excluding steroid dienone is 6. The van der Waals surface area contributed by atoms with E-state index in [-0.39, 0.29) is 5.60 Å². The fourth-order valence-corrected chi connectivity index (χ4v) is 3.37. The van der Waals surface area contributed by atoms with Gasteiger partial charge in [0.2, 0.25) is 0 Å². The van der Waals surface area contributed by atoms with Crippen molar-refractivity contribution < 1.29 is 4.74 Å². The highest BCUT2D eigenvalue weighted by molar-refractivity contribution is 5.13. The molecule has 1 aliphatic rings. The summed E-state index contributed by atoms with van der Waals surface area (Å²) >= 11 is 0. The maximum atomic E-state index is 5.91. The van der Waals surface area contributed by atoms with Gasteiger partial charge in [-0.2, -0.15) is 0 Å². The molecule has 0 saturated carbocycles. The molecule has 0 aromatic carbocycles. The highest BCUT2D eigenvalue weighted by Crippen LogP contribution is 2.19. The maximum Gasteiger partial charge on any atom is 0.104 e. The van der Waals surface area contributed by atoms with Crippen molar-refractivity contribution in [2.24, 2.45) is 0 Å². The van der Waals surface area contributed by atoms with Crippen molar-refractivity contribution in [3.8, 4) is 0 Å². The fraction of sp³-hybridized carbons (Fsp3) is 0.680. The van der Waals surface area contributed by atoms with E-state index in [1.54, 1.807) is 5.57 Å². The standard InChI is InChI=1S/C25H43NO/c1-7-8-9-10-14-22(2)17-18-24-15-11-12-19-26(20-13-16-24)21-23(3)27-25(4,5)6/h9-10,15,17H,3,7-8,11-14,16,18-21H2,1-2,4-6H3/b10-9?,22-17+,24-15+. The molecule has 0 aliphatic carbocycles. The summed E-state index contributed by atoms with van der Waals surface area (Å²) in [5.41, 5.74) is 2.94. The van der Waals surface area contributed by atoms with Gasteiger partial charge in [-0.15, -0.1) is 0 Å². The Morgan fingerprint density at radius 2 is 1.96 bits per heavy atom. The van der Waals surface area contributed by atoms with Gasteiger partial charge in [0, 0.05) is 0 Å². The average molecular weight is 374 g/mol. The molecule has 2 nitrogen and oxygen atoms in total. The Bertz CT molecular complexity index is 519. The van der Waals surface area contributed by atoms with Crippen LogP contribution in [0.5, 0.6) is 0 Å². The van der Waals surface area contributed by atoms with Gasteiger partial charge in [0.15, 0.2) is 0 Å². The van der Waals surface area contributed by atoms with Crippen LogP contribution < -0.4 is 0 Å². The van der Waals surface area contributed by atoms with Gasteiger partial charge in [-0.1, -0.05) is 55.4 Å². The number of nitrogens with zero attached hydrogens (tertiary/aromatic N) is 1. The minimum Gasteiger partial charge on any atom is -0.492 e. The smallest absolute Gasteiger partial charge is 0.104 e.